The van der Waals surface area contributed by atoms with Crippen molar-refractivity contribution in [2.24, 2.45) is 0 Å². The summed E-state index contributed by atoms with van der Waals surface area (Å²) in [5, 5.41) is 13.1. The number of β-amino-alcohol motifs (C(OH)–C–C–N with tert-alkyl or cyclic N) is 1. The number of nitrogens with zero attached hydrogens (tertiary/aromatic N) is 1. The number of para-hydroxylation sites is 2. The maximum absolute atomic E-state index is 13.1. The van der Waals surface area contributed by atoms with Gasteiger partial charge in [-0.3, -0.25) is 9.69 Å². The van der Waals surface area contributed by atoms with Crippen LogP contribution in [0.5, 0.6) is 5.75 Å². The second-order valence-corrected chi connectivity index (χ2v) is 7.37. The lowest BCUT2D eigenvalue weighted by Gasteiger charge is -2.42. The molecule has 0 saturated carbocycles. The van der Waals surface area contributed by atoms with Crippen molar-refractivity contribution in [3.8, 4) is 5.75 Å². The van der Waals surface area contributed by atoms with E-state index < -0.39 is 29.4 Å². The fourth-order valence-electron chi connectivity index (χ4n) is 3.46. The van der Waals surface area contributed by atoms with Gasteiger partial charge in [-0.25, -0.2) is 0 Å². The van der Waals surface area contributed by atoms with E-state index in [9.17, 15) is 23.1 Å². The fourth-order valence-corrected chi connectivity index (χ4v) is 3.46. The summed E-state index contributed by atoms with van der Waals surface area (Å²) in [4.78, 5) is 14.0. The zero-order valence-electron chi connectivity index (χ0n) is 15.9. The number of aliphatic hydroxyl groups is 1. The van der Waals surface area contributed by atoms with E-state index in [2.05, 4.69) is 5.32 Å². The van der Waals surface area contributed by atoms with Crippen LogP contribution in [-0.4, -0.2) is 47.3 Å². The average Bonchev–Trinajstić information content (AvgIpc) is 2.64. The predicted molar refractivity (Wildman–Crippen MR) is 103 cm³/mol. The Kier molecular flexibility index (Phi) is 6.14. The number of carbonyl (C=O) groups is 1. The van der Waals surface area contributed by atoms with Gasteiger partial charge in [0.25, 0.3) is 0 Å². The van der Waals surface area contributed by atoms with Crippen molar-refractivity contribution in [2.75, 3.05) is 25.0 Å². The number of nitrogens with one attached hydrogen (secondary N) is 1. The molecule has 1 amide bonds. The highest BCUT2D eigenvalue weighted by atomic mass is 19.4. The first kappa shape index (κ1) is 21.1. The van der Waals surface area contributed by atoms with Crippen molar-refractivity contribution in [3.05, 3.63) is 60.2 Å². The van der Waals surface area contributed by atoms with Gasteiger partial charge in [-0.05, 0) is 37.6 Å². The Morgan fingerprint density at radius 3 is 2.52 bits per heavy atom. The molecule has 1 aliphatic heterocycles. The molecule has 29 heavy (non-hydrogen) atoms. The van der Waals surface area contributed by atoms with Crippen LogP contribution in [0.25, 0.3) is 0 Å². The maximum Gasteiger partial charge on any atom is 0.418 e. The Bertz CT molecular complexity index is 841. The number of anilines is 1. The summed E-state index contributed by atoms with van der Waals surface area (Å²) in [5.41, 5.74) is -2.38. The highest BCUT2D eigenvalue weighted by molar-refractivity contribution is 5.93. The molecule has 0 radical (unpaired) electrons. The molecular weight excluding hydrogens is 385 g/mol. The van der Waals surface area contributed by atoms with Gasteiger partial charge in [0, 0.05) is 13.1 Å². The van der Waals surface area contributed by atoms with Crippen LogP contribution in [0, 0.1) is 0 Å². The smallest absolute Gasteiger partial charge is 0.418 e. The van der Waals surface area contributed by atoms with Gasteiger partial charge < -0.3 is 15.2 Å². The van der Waals surface area contributed by atoms with Gasteiger partial charge >= 0.3 is 6.18 Å². The average molecular weight is 408 g/mol. The maximum atomic E-state index is 13.1. The summed E-state index contributed by atoms with van der Waals surface area (Å²) < 4.78 is 45.1. The van der Waals surface area contributed by atoms with Crippen molar-refractivity contribution in [1.29, 1.82) is 0 Å². The molecule has 5 nitrogen and oxygen atoms in total. The standard InChI is InChI=1S/C21H23F3N2O3/c1-20(28)14-26(12-11-18(20)29-15-7-3-2-4-8-15)13-19(27)25-17-10-6-5-9-16(17)21(22,23)24/h2-10,18,28H,11-14H2,1H3,(H,25,27)/t18-,20-/m0/s1. The fraction of sp³-hybridized carbons (Fsp3) is 0.381. The van der Waals surface area contributed by atoms with Gasteiger partial charge in [0.15, 0.2) is 0 Å². The number of ether oxygens (including phenoxy) is 1. The molecule has 1 saturated heterocycles. The largest absolute Gasteiger partial charge is 0.487 e. The molecule has 156 valence electrons. The van der Waals surface area contributed by atoms with E-state index in [1.165, 1.54) is 18.2 Å². The number of carbonyl (C=O) groups excluding carboxylic acids is 1. The van der Waals surface area contributed by atoms with Gasteiger partial charge in [-0.2, -0.15) is 13.2 Å². The molecule has 2 aromatic rings. The molecule has 0 spiro atoms. The summed E-state index contributed by atoms with van der Waals surface area (Å²) in [6.07, 6.45) is -4.52. The van der Waals surface area contributed by atoms with Crippen molar-refractivity contribution in [3.63, 3.8) is 0 Å². The van der Waals surface area contributed by atoms with Crippen LogP contribution < -0.4 is 10.1 Å². The number of rotatable bonds is 5. The van der Waals surface area contributed by atoms with E-state index in [-0.39, 0.29) is 18.8 Å². The second kappa shape index (κ2) is 8.42. The van der Waals surface area contributed by atoms with Crippen LogP contribution >= 0.6 is 0 Å². The van der Waals surface area contributed by atoms with Gasteiger partial charge in [0.1, 0.15) is 17.5 Å². The van der Waals surface area contributed by atoms with Crippen LogP contribution in [0.15, 0.2) is 54.6 Å². The Balaban J connectivity index is 1.59. The van der Waals surface area contributed by atoms with Crippen LogP contribution in [0.3, 0.4) is 0 Å². The zero-order chi connectivity index (χ0) is 21.1. The number of hydrogen-bond acceptors (Lipinski definition) is 4. The number of piperidine rings is 1. The quantitative estimate of drug-likeness (QED) is 0.795. The third-order valence-electron chi connectivity index (χ3n) is 4.84. The van der Waals surface area contributed by atoms with Crippen LogP contribution in [0.2, 0.25) is 0 Å². The predicted octanol–water partition coefficient (Wildman–Crippen LogP) is 3.55. The molecular formula is C21H23F3N2O3. The third kappa shape index (κ3) is 5.48. The van der Waals surface area contributed by atoms with E-state index in [0.717, 1.165) is 6.07 Å². The van der Waals surface area contributed by atoms with E-state index in [0.29, 0.717) is 18.7 Å². The summed E-state index contributed by atoms with van der Waals surface area (Å²) in [7, 11) is 0. The Morgan fingerprint density at radius 2 is 1.86 bits per heavy atom. The highest BCUT2D eigenvalue weighted by Crippen LogP contribution is 2.34. The molecule has 3 rings (SSSR count). The van der Waals surface area contributed by atoms with E-state index in [4.69, 9.17) is 4.74 Å². The van der Waals surface area contributed by atoms with E-state index in [1.807, 2.05) is 18.2 Å². The number of halogens is 3. The molecule has 2 aromatic carbocycles. The number of benzene rings is 2. The lowest BCUT2D eigenvalue weighted by molar-refractivity contribution is -0.137. The normalized spacial score (nSPS) is 22.9. The number of amides is 1. The molecule has 0 unspecified atom stereocenters. The van der Waals surface area contributed by atoms with Crippen molar-refractivity contribution in [2.45, 2.75) is 31.2 Å². The van der Waals surface area contributed by atoms with E-state index in [1.54, 1.807) is 24.0 Å². The van der Waals surface area contributed by atoms with Crippen molar-refractivity contribution < 1.29 is 27.8 Å². The Morgan fingerprint density at radius 1 is 1.21 bits per heavy atom. The van der Waals surface area contributed by atoms with Gasteiger partial charge in [-0.15, -0.1) is 0 Å². The van der Waals surface area contributed by atoms with E-state index >= 15 is 0 Å². The van der Waals surface area contributed by atoms with Crippen molar-refractivity contribution >= 4 is 11.6 Å². The minimum atomic E-state index is -4.55. The molecule has 1 heterocycles. The van der Waals surface area contributed by atoms with Crippen LogP contribution in [0.4, 0.5) is 18.9 Å². The third-order valence-corrected chi connectivity index (χ3v) is 4.84. The molecule has 1 aliphatic rings. The minimum Gasteiger partial charge on any atom is -0.487 e. The Hall–Kier alpha value is -2.58. The zero-order valence-corrected chi connectivity index (χ0v) is 15.9. The SMILES string of the molecule is C[C@]1(O)CN(CC(=O)Nc2ccccc2C(F)(F)F)CC[C@@H]1Oc1ccccc1. The lowest BCUT2D eigenvalue weighted by atomic mass is 9.91. The first-order valence-corrected chi connectivity index (χ1v) is 9.28. The number of hydrogen-bond donors (Lipinski definition) is 2. The van der Waals surface area contributed by atoms with Crippen molar-refractivity contribution in [1.82, 2.24) is 4.90 Å². The molecule has 0 aliphatic carbocycles. The molecule has 0 aromatic heterocycles. The second-order valence-electron chi connectivity index (χ2n) is 7.37. The Labute approximate surface area is 167 Å². The summed E-state index contributed by atoms with van der Waals surface area (Å²) in [5.74, 6) is 0.0765. The summed E-state index contributed by atoms with van der Waals surface area (Å²) in [6, 6.07) is 14.0. The molecule has 0 bridgehead atoms. The lowest BCUT2D eigenvalue weighted by Crippen LogP contribution is -2.58. The van der Waals surface area contributed by atoms with Crippen LogP contribution in [-0.2, 0) is 11.0 Å². The summed E-state index contributed by atoms with van der Waals surface area (Å²) in [6.45, 7) is 2.14. The van der Waals surface area contributed by atoms with Gasteiger partial charge in [0.05, 0.1) is 17.8 Å². The monoisotopic (exact) mass is 408 g/mol. The number of alkyl halides is 3. The summed E-state index contributed by atoms with van der Waals surface area (Å²) >= 11 is 0. The van der Waals surface area contributed by atoms with Gasteiger partial charge in [-0.1, -0.05) is 30.3 Å². The molecule has 8 heteroatoms. The topological polar surface area (TPSA) is 61.8 Å². The molecule has 1 fully saturated rings. The number of likely N-dealkylation sites (tertiary alicyclic amines) is 1. The minimum absolute atomic E-state index is 0.125. The first-order chi connectivity index (χ1) is 13.6. The first-order valence-electron chi connectivity index (χ1n) is 9.28. The molecule has 2 atom stereocenters. The molecule has 2 N–H and O–H groups in total. The van der Waals surface area contributed by atoms with Crippen LogP contribution in [0.1, 0.15) is 18.9 Å². The van der Waals surface area contributed by atoms with Gasteiger partial charge in [0.2, 0.25) is 5.91 Å². The highest BCUT2D eigenvalue weighted by Gasteiger charge is 2.40.